The van der Waals surface area contributed by atoms with Gasteiger partial charge in [0.1, 0.15) is 0 Å². The topological polar surface area (TPSA) is 29.6 Å². The van der Waals surface area contributed by atoms with Crippen molar-refractivity contribution in [3.63, 3.8) is 0 Å². The largest absolute Gasteiger partial charge is 0.253 e. The first-order valence-corrected chi connectivity index (χ1v) is 8.84. The van der Waals surface area contributed by atoms with E-state index in [2.05, 4.69) is 50.0 Å². The standard InChI is InChI=1S/C18H25N3S/c1-12(2)9-19-17-21(13(3)11-22-17)20-10-14-6-7-15-8-16(14)18(15,4)5/h6,10-11,15-16H,1,7-9H2,2-5H3. The number of nitrogens with zero attached hydrogens (tertiary/aromatic N) is 3. The van der Waals surface area contributed by atoms with Crippen molar-refractivity contribution in [1.82, 2.24) is 4.68 Å². The van der Waals surface area contributed by atoms with Gasteiger partial charge in [-0.2, -0.15) is 5.10 Å². The summed E-state index contributed by atoms with van der Waals surface area (Å²) in [5, 5.41) is 6.82. The minimum absolute atomic E-state index is 0.442. The van der Waals surface area contributed by atoms with E-state index in [9.17, 15) is 0 Å². The summed E-state index contributed by atoms with van der Waals surface area (Å²) < 4.78 is 1.95. The first kappa shape index (κ1) is 15.5. The second-order valence-corrected chi connectivity index (χ2v) is 8.07. The molecule has 1 heterocycles. The lowest BCUT2D eigenvalue weighted by Gasteiger charge is -2.55. The molecule has 2 bridgehead atoms. The van der Waals surface area contributed by atoms with Gasteiger partial charge in [-0.1, -0.05) is 32.1 Å². The molecule has 0 saturated heterocycles. The molecule has 2 atom stereocenters. The molecule has 0 aliphatic heterocycles. The van der Waals surface area contributed by atoms with Gasteiger partial charge in [-0.05, 0) is 49.5 Å². The van der Waals surface area contributed by atoms with Gasteiger partial charge in [0.2, 0.25) is 4.80 Å². The molecule has 118 valence electrons. The van der Waals surface area contributed by atoms with Crippen LogP contribution in [-0.4, -0.2) is 17.4 Å². The molecule has 3 nitrogen and oxygen atoms in total. The molecule has 4 rings (SSSR count). The van der Waals surface area contributed by atoms with Crippen molar-refractivity contribution >= 4 is 17.6 Å². The highest BCUT2D eigenvalue weighted by Gasteiger charge is 2.50. The van der Waals surface area contributed by atoms with Crippen molar-refractivity contribution in [1.29, 1.82) is 0 Å². The van der Waals surface area contributed by atoms with Crippen LogP contribution in [0.5, 0.6) is 0 Å². The van der Waals surface area contributed by atoms with Gasteiger partial charge >= 0.3 is 0 Å². The van der Waals surface area contributed by atoms with Crippen molar-refractivity contribution in [2.24, 2.45) is 27.3 Å². The van der Waals surface area contributed by atoms with Gasteiger partial charge in [-0.25, -0.2) is 4.68 Å². The molecule has 0 spiro atoms. The molecule has 0 aromatic carbocycles. The predicted octanol–water partition coefficient (Wildman–Crippen LogP) is 4.16. The maximum Gasteiger partial charge on any atom is 0.206 e. The average molecular weight is 315 g/mol. The van der Waals surface area contributed by atoms with Crippen LogP contribution in [0.15, 0.2) is 39.3 Å². The van der Waals surface area contributed by atoms with E-state index in [0.717, 1.165) is 22.0 Å². The molecule has 1 fully saturated rings. The number of hydrogen-bond acceptors (Lipinski definition) is 3. The van der Waals surface area contributed by atoms with Crippen LogP contribution in [0.3, 0.4) is 0 Å². The number of aromatic nitrogens is 1. The molecule has 4 heteroatoms. The van der Waals surface area contributed by atoms with Crippen LogP contribution in [0, 0.1) is 24.2 Å². The second-order valence-electron chi connectivity index (χ2n) is 7.24. The maximum atomic E-state index is 4.72. The van der Waals surface area contributed by atoms with E-state index >= 15 is 0 Å². The van der Waals surface area contributed by atoms with Crippen molar-refractivity contribution in [3.8, 4) is 0 Å². The molecule has 1 saturated carbocycles. The van der Waals surface area contributed by atoms with Crippen LogP contribution in [0.4, 0.5) is 0 Å². The highest BCUT2D eigenvalue weighted by Crippen LogP contribution is 2.58. The maximum absolute atomic E-state index is 4.72. The van der Waals surface area contributed by atoms with E-state index in [0.29, 0.717) is 17.9 Å². The Morgan fingerprint density at radius 2 is 2.32 bits per heavy atom. The Bertz CT molecular complexity index is 715. The molecule has 22 heavy (non-hydrogen) atoms. The van der Waals surface area contributed by atoms with Gasteiger partial charge in [0.25, 0.3) is 0 Å². The summed E-state index contributed by atoms with van der Waals surface area (Å²) in [5.74, 6) is 1.54. The molecule has 3 aliphatic rings. The Morgan fingerprint density at radius 1 is 1.55 bits per heavy atom. The zero-order valence-corrected chi connectivity index (χ0v) is 14.8. The van der Waals surface area contributed by atoms with E-state index < -0.39 is 0 Å². The molecule has 1 aromatic heterocycles. The van der Waals surface area contributed by atoms with Crippen molar-refractivity contribution in [2.45, 2.75) is 40.5 Å². The minimum atomic E-state index is 0.442. The number of hydrogen-bond donors (Lipinski definition) is 0. The Hall–Kier alpha value is -1.42. The predicted molar refractivity (Wildman–Crippen MR) is 94.3 cm³/mol. The summed E-state index contributed by atoms with van der Waals surface area (Å²) in [6.45, 7) is 13.4. The zero-order chi connectivity index (χ0) is 15.9. The summed E-state index contributed by atoms with van der Waals surface area (Å²) in [4.78, 5) is 5.54. The molecule has 2 unspecified atom stereocenters. The molecule has 0 N–H and O–H groups in total. The monoisotopic (exact) mass is 315 g/mol. The lowest BCUT2D eigenvalue weighted by molar-refractivity contribution is -0.00127. The van der Waals surface area contributed by atoms with E-state index in [4.69, 9.17) is 5.10 Å². The van der Waals surface area contributed by atoms with Gasteiger partial charge < -0.3 is 0 Å². The number of thiazole rings is 1. The first-order valence-electron chi connectivity index (χ1n) is 7.96. The Labute approximate surface area is 136 Å². The van der Waals surface area contributed by atoms with Gasteiger partial charge in [-0.15, -0.1) is 11.3 Å². The van der Waals surface area contributed by atoms with Crippen LogP contribution >= 0.6 is 11.3 Å². The quantitative estimate of drug-likeness (QED) is 0.590. The number of allylic oxidation sites excluding steroid dienone is 2. The van der Waals surface area contributed by atoms with E-state index in [1.807, 2.05) is 11.6 Å². The van der Waals surface area contributed by atoms with Gasteiger partial charge in [0.05, 0.1) is 18.5 Å². The molecular weight excluding hydrogens is 290 g/mol. The minimum Gasteiger partial charge on any atom is -0.253 e. The Morgan fingerprint density at radius 3 is 2.95 bits per heavy atom. The SMILES string of the molecule is C=C(C)CN=c1scc(C)n1N=CC1=CCC2CC1C2(C)C. The third kappa shape index (κ3) is 2.65. The van der Waals surface area contributed by atoms with Gasteiger partial charge in [0, 0.05) is 5.38 Å². The fraction of sp³-hybridized carbons (Fsp3) is 0.556. The molecule has 3 aliphatic carbocycles. The van der Waals surface area contributed by atoms with E-state index in [1.165, 1.54) is 18.4 Å². The van der Waals surface area contributed by atoms with Crippen molar-refractivity contribution < 1.29 is 0 Å². The van der Waals surface area contributed by atoms with Crippen LogP contribution < -0.4 is 4.80 Å². The molecule has 0 amide bonds. The Balaban J connectivity index is 1.85. The molecular formula is C18H25N3S. The van der Waals surface area contributed by atoms with E-state index in [1.54, 1.807) is 11.3 Å². The third-order valence-electron chi connectivity index (χ3n) is 5.17. The Kier molecular flexibility index (Phi) is 3.98. The summed E-state index contributed by atoms with van der Waals surface area (Å²) in [7, 11) is 0. The number of fused-ring (bicyclic) bond motifs is 1. The third-order valence-corrected chi connectivity index (χ3v) is 6.14. The molecule has 0 radical (unpaired) electrons. The molecule has 1 aromatic rings. The van der Waals surface area contributed by atoms with Crippen LogP contribution in [0.2, 0.25) is 0 Å². The van der Waals surface area contributed by atoms with Gasteiger partial charge in [-0.3, -0.25) is 4.99 Å². The van der Waals surface area contributed by atoms with Crippen molar-refractivity contribution in [3.05, 3.63) is 39.7 Å². The van der Waals surface area contributed by atoms with Crippen LogP contribution in [0.25, 0.3) is 0 Å². The van der Waals surface area contributed by atoms with Crippen molar-refractivity contribution in [2.75, 3.05) is 6.54 Å². The fourth-order valence-electron chi connectivity index (χ4n) is 3.51. The zero-order valence-electron chi connectivity index (χ0n) is 14.0. The van der Waals surface area contributed by atoms with Crippen LogP contribution in [0.1, 0.15) is 39.3 Å². The highest BCUT2D eigenvalue weighted by atomic mass is 32.1. The smallest absolute Gasteiger partial charge is 0.206 e. The first-order chi connectivity index (χ1) is 10.4. The second kappa shape index (κ2) is 5.65. The average Bonchev–Trinajstić information content (AvgIpc) is 2.83. The lowest BCUT2D eigenvalue weighted by atomic mass is 9.49. The summed E-state index contributed by atoms with van der Waals surface area (Å²) in [6.07, 6.45) is 6.96. The summed E-state index contributed by atoms with van der Waals surface area (Å²) >= 11 is 1.64. The summed E-state index contributed by atoms with van der Waals surface area (Å²) in [6, 6.07) is 0. The highest BCUT2D eigenvalue weighted by molar-refractivity contribution is 7.07. The fourth-order valence-corrected chi connectivity index (χ4v) is 4.31. The summed E-state index contributed by atoms with van der Waals surface area (Å²) in [5.41, 5.74) is 4.04. The lowest BCUT2D eigenvalue weighted by Crippen LogP contribution is -2.48. The van der Waals surface area contributed by atoms with Crippen LogP contribution in [-0.2, 0) is 0 Å². The normalized spacial score (nSPS) is 26.9. The van der Waals surface area contributed by atoms with E-state index in [-0.39, 0.29) is 0 Å². The number of aryl methyl sites for hydroxylation is 1. The number of rotatable bonds is 4. The van der Waals surface area contributed by atoms with Gasteiger partial charge in [0.15, 0.2) is 0 Å².